The molecule has 1 aromatic heterocycles. The zero-order valence-electron chi connectivity index (χ0n) is 14.6. The average Bonchev–Trinajstić information content (AvgIpc) is 2.63. The number of esters is 1. The second-order valence-corrected chi connectivity index (χ2v) is 6.78. The lowest BCUT2D eigenvalue weighted by molar-refractivity contribution is -0.147. The van der Waals surface area contributed by atoms with Crippen molar-refractivity contribution in [2.45, 2.75) is 26.7 Å². The Balaban J connectivity index is 1.71. The molecule has 1 amide bonds. The van der Waals surface area contributed by atoms with Gasteiger partial charge in [0.05, 0.1) is 11.6 Å². The molecule has 1 fully saturated rings. The topological polar surface area (TPSA) is 59.5 Å². The van der Waals surface area contributed by atoms with Gasteiger partial charge < -0.3 is 9.64 Å². The largest absolute Gasteiger partial charge is 0.424 e. The van der Waals surface area contributed by atoms with Crippen LogP contribution in [0.1, 0.15) is 35.8 Å². The zero-order valence-corrected chi connectivity index (χ0v) is 14.6. The molecule has 0 radical (unpaired) electrons. The van der Waals surface area contributed by atoms with E-state index >= 15 is 0 Å². The molecule has 0 N–H and O–H groups in total. The van der Waals surface area contributed by atoms with Gasteiger partial charge in [-0.1, -0.05) is 18.2 Å². The lowest BCUT2D eigenvalue weighted by Crippen LogP contribution is -2.49. The Labute approximate surface area is 147 Å². The van der Waals surface area contributed by atoms with Crippen LogP contribution in [0, 0.1) is 12.3 Å². The van der Waals surface area contributed by atoms with Gasteiger partial charge in [-0.2, -0.15) is 0 Å². The molecule has 0 unspecified atom stereocenters. The standard InChI is InChI=1S/C20H22N2O3/c1-15-9-10-17(13-21-15)25-19(24)20(2)11-6-12-22(14-20)18(23)16-7-4-3-5-8-16/h3-5,7-10,13H,6,11-12,14H2,1-2H3/t20-/m0/s1. The number of piperidine rings is 1. The van der Waals surface area contributed by atoms with E-state index in [1.165, 1.54) is 0 Å². The minimum Gasteiger partial charge on any atom is -0.424 e. The second-order valence-electron chi connectivity index (χ2n) is 6.78. The fourth-order valence-electron chi connectivity index (χ4n) is 3.09. The highest BCUT2D eigenvalue weighted by Gasteiger charge is 2.41. The number of carbonyl (C=O) groups is 2. The maximum atomic E-state index is 12.7. The van der Waals surface area contributed by atoms with Gasteiger partial charge in [0.2, 0.25) is 0 Å². The van der Waals surface area contributed by atoms with E-state index in [0.29, 0.717) is 30.8 Å². The SMILES string of the molecule is Cc1ccc(OC(=O)[C@@]2(C)CCCN(C(=O)c3ccccc3)C2)cn1. The Kier molecular flexibility index (Phi) is 4.83. The molecule has 3 rings (SSSR count). The Morgan fingerprint density at radius 1 is 1.16 bits per heavy atom. The van der Waals surface area contributed by atoms with Crippen LogP contribution in [-0.4, -0.2) is 34.8 Å². The van der Waals surface area contributed by atoms with Gasteiger partial charge in [-0.15, -0.1) is 0 Å². The Morgan fingerprint density at radius 3 is 2.60 bits per heavy atom. The van der Waals surface area contributed by atoms with Gasteiger partial charge >= 0.3 is 5.97 Å². The normalized spacial score (nSPS) is 20.2. The number of amides is 1. The Morgan fingerprint density at radius 2 is 1.92 bits per heavy atom. The molecule has 1 atom stereocenters. The third-order valence-electron chi connectivity index (χ3n) is 4.59. The number of benzene rings is 1. The van der Waals surface area contributed by atoms with Crippen molar-refractivity contribution in [1.82, 2.24) is 9.88 Å². The van der Waals surface area contributed by atoms with E-state index in [-0.39, 0.29) is 11.9 Å². The number of rotatable bonds is 3. The molecule has 0 spiro atoms. The van der Waals surface area contributed by atoms with E-state index in [9.17, 15) is 9.59 Å². The summed E-state index contributed by atoms with van der Waals surface area (Å²) >= 11 is 0. The maximum absolute atomic E-state index is 12.7. The molecule has 2 aromatic rings. The highest BCUT2D eigenvalue weighted by atomic mass is 16.5. The van der Waals surface area contributed by atoms with Gasteiger partial charge in [0.15, 0.2) is 0 Å². The number of hydrogen-bond donors (Lipinski definition) is 0. The summed E-state index contributed by atoms with van der Waals surface area (Å²) in [6.07, 6.45) is 3.02. The van der Waals surface area contributed by atoms with E-state index in [4.69, 9.17) is 4.74 Å². The van der Waals surface area contributed by atoms with Gasteiger partial charge in [-0.25, -0.2) is 0 Å². The summed E-state index contributed by atoms with van der Waals surface area (Å²) in [6, 6.07) is 12.7. The Bertz CT molecular complexity index is 758. The van der Waals surface area contributed by atoms with Crippen LogP contribution in [-0.2, 0) is 4.79 Å². The van der Waals surface area contributed by atoms with E-state index in [0.717, 1.165) is 12.1 Å². The van der Waals surface area contributed by atoms with Crippen LogP contribution in [0.15, 0.2) is 48.7 Å². The molecule has 2 heterocycles. The number of nitrogens with zero attached hydrogens (tertiary/aromatic N) is 2. The summed E-state index contributed by atoms with van der Waals surface area (Å²) < 4.78 is 5.51. The number of hydrogen-bond acceptors (Lipinski definition) is 4. The van der Waals surface area contributed by atoms with Crippen LogP contribution >= 0.6 is 0 Å². The monoisotopic (exact) mass is 338 g/mol. The molecule has 25 heavy (non-hydrogen) atoms. The molecule has 1 aromatic carbocycles. The predicted molar refractivity (Wildman–Crippen MR) is 94.3 cm³/mol. The molecule has 1 aliphatic heterocycles. The van der Waals surface area contributed by atoms with Gasteiger partial charge in [0, 0.05) is 24.3 Å². The van der Waals surface area contributed by atoms with Crippen molar-refractivity contribution < 1.29 is 14.3 Å². The average molecular weight is 338 g/mol. The van der Waals surface area contributed by atoms with Crippen LogP contribution in [0.3, 0.4) is 0 Å². The summed E-state index contributed by atoms with van der Waals surface area (Å²) in [5, 5.41) is 0. The highest BCUT2D eigenvalue weighted by Crippen LogP contribution is 2.32. The van der Waals surface area contributed by atoms with Crippen molar-refractivity contribution in [1.29, 1.82) is 0 Å². The summed E-state index contributed by atoms with van der Waals surface area (Å²) in [5.41, 5.74) is 0.791. The van der Waals surface area contributed by atoms with Crippen molar-refractivity contribution in [2.75, 3.05) is 13.1 Å². The summed E-state index contributed by atoms with van der Waals surface area (Å²) in [6.45, 7) is 4.75. The quantitative estimate of drug-likeness (QED) is 0.806. The molecule has 0 aliphatic carbocycles. The fourth-order valence-corrected chi connectivity index (χ4v) is 3.09. The van der Waals surface area contributed by atoms with Crippen molar-refractivity contribution in [3.63, 3.8) is 0 Å². The minimum absolute atomic E-state index is 0.0451. The first-order chi connectivity index (χ1) is 12.0. The number of likely N-dealkylation sites (tertiary alicyclic amines) is 1. The second kappa shape index (κ2) is 7.05. The predicted octanol–water partition coefficient (Wildman–Crippen LogP) is 3.24. The Hall–Kier alpha value is -2.69. The molecular formula is C20H22N2O3. The van der Waals surface area contributed by atoms with Crippen LogP contribution in [0.25, 0.3) is 0 Å². The minimum atomic E-state index is -0.715. The van der Waals surface area contributed by atoms with Crippen molar-refractivity contribution in [3.05, 3.63) is 59.9 Å². The smallest absolute Gasteiger partial charge is 0.319 e. The summed E-state index contributed by atoms with van der Waals surface area (Å²) in [5.74, 6) is 0.0726. The third-order valence-corrected chi connectivity index (χ3v) is 4.59. The number of aryl methyl sites for hydroxylation is 1. The number of aromatic nitrogens is 1. The van der Waals surface area contributed by atoms with Crippen molar-refractivity contribution in [2.24, 2.45) is 5.41 Å². The lowest BCUT2D eigenvalue weighted by Gasteiger charge is -2.38. The third kappa shape index (κ3) is 3.87. The molecule has 130 valence electrons. The number of carbonyl (C=O) groups excluding carboxylic acids is 2. The van der Waals surface area contributed by atoms with Gasteiger partial charge in [-0.05, 0) is 51.0 Å². The summed E-state index contributed by atoms with van der Waals surface area (Å²) in [4.78, 5) is 31.2. The molecule has 5 nitrogen and oxygen atoms in total. The number of ether oxygens (including phenoxy) is 1. The van der Waals surface area contributed by atoms with Gasteiger partial charge in [-0.3, -0.25) is 14.6 Å². The molecule has 0 saturated carbocycles. The van der Waals surface area contributed by atoms with Crippen LogP contribution in [0.4, 0.5) is 0 Å². The molecule has 5 heteroatoms. The van der Waals surface area contributed by atoms with E-state index in [1.54, 1.807) is 35.4 Å². The molecule has 1 aliphatic rings. The fraction of sp³-hybridized carbons (Fsp3) is 0.350. The van der Waals surface area contributed by atoms with Crippen LogP contribution < -0.4 is 4.74 Å². The van der Waals surface area contributed by atoms with Crippen molar-refractivity contribution in [3.8, 4) is 5.75 Å². The van der Waals surface area contributed by atoms with Crippen molar-refractivity contribution >= 4 is 11.9 Å². The van der Waals surface area contributed by atoms with E-state index < -0.39 is 5.41 Å². The first-order valence-corrected chi connectivity index (χ1v) is 8.47. The van der Waals surface area contributed by atoms with Gasteiger partial charge in [0.1, 0.15) is 5.75 Å². The van der Waals surface area contributed by atoms with Gasteiger partial charge in [0.25, 0.3) is 5.91 Å². The molecule has 0 bridgehead atoms. The first-order valence-electron chi connectivity index (χ1n) is 8.47. The summed E-state index contributed by atoms with van der Waals surface area (Å²) in [7, 11) is 0. The highest BCUT2D eigenvalue weighted by molar-refractivity contribution is 5.94. The first kappa shape index (κ1) is 17.1. The zero-order chi connectivity index (χ0) is 17.9. The van der Waals surface area contributed by atoms with Crippen LogP contribution in [0.2, 0.25) is 0 Å². The van der Waals surface area contributed by atoms with Crippen LogP contribution in [0.5, 0.6) is 5.75 Å². The van der Waals surface area contributed by atoms with E-state index in [2.05, 4.69) is 4.98 Å². The lowest BCUT2D eigenvalue weighted by atomic mass is 9.81. The maximum Gasteiger partial charge on any atom is 0.319 e. The molecule has 1 saturated heterocycles. The molecular weight excluding hydrogens is 316 g/mol. The van der Waals surface area contributed by atoms with E-state index in [1.807, 2.05) is 32.0 Å². The number of pyridine rings is 1.